The molecule has 104 valence electrons. The molecule has 0 heterocycles. The van der Waals surface area contributed by atoms with Crippen molar-refractivity contribution in [3.8, 4) is 11.5 Å². The number of hydrogen-bond acceptors (Lipinski definition) is 2. The second kappa shape index (κ2) is 7.70. The van der Waals surface area contributed by atoms with Gasteiger partial charge in [0.15, 0.2) is 0 Å². The van der Waals surface area contributed by atoms with Crippen molar-refractivity contribution >= 4 is 16.4 Å². The fourth-order valence-corrected chi connectivity index (χ4v) is 2.63. The molecule has 0 aromatic heterocycles. The fourth-order valence-electron chi connectivity index (χ4n) is 1.21. The molecule has 0 radical (unpaired) electrons. The number of methoxy groups -OCH3 is 1. The topological polar surface area (TPSA) is 18.5 Å². The van der Waals surface area contributed by atoms with Gasteiger partial charge in [0, 0.05) is 6.42 Å². The maximum Gasteiger partial charge on any atom is 0.260 e. The third-order valence-corrected chi connectivity index (χ3v) is 3.63. The molecule has 0 rings (SSSR count). The molecule has 2 nitrogen and oxygen atoms in total. The van der Waals surface area contributed by atoms with Crippen LogP contribution in [0.3, 0.4) is 0 Å². The lowest BCUT2D eigenvalue weighted by Crippen LogP contribution is -2.25. The minimum atomic E-state index is -1.56. The Labute approximate surface area is 115 Å². The summed E-state index contributed by atoms with van der Waals surface area (Å²) in [6.07, 6.45) is 5.03. The highest BCUT2D eigenvalue weighted by molar-refractivity contribution is 6.83. The summed E-state index contributed by atoms with van der Waals surface area (Å²) in [6, 6.07) is 0. The Bertz CT molecular complexity index is 324. The van der Waals surface area contributed by atoms with Crippen molar-refractivity contribution in [1.29, 1.82) is 0 Å². The SMILES string of the molecule is CO/C(=C\CCCC#C[Si](C)(C)C)O[Si](C)(C)C. The molecule has 0 fully saturated rings. The van der Waals surface area contributed by atoms with Crippen LogP contribution >= 0.6 is 0 Å². The molecule has 4 heteroatoms. The second-order valence-electron chi connectivity index (χ2n) is 6.39. The van der Waals surface area contributed by atoms with Gasteiger partial charge in [-0.05, 0) is 38.6 Å². The van der Waals surface area contributed by atoms with Crippen molar-refractivity contribution in [2.45, 2.75) is 58.5 Å². The number of hydrogen-bond donors (Lipinski definition) is 0. The first-order valence-electron chi connectivity index (χ1n) is 6.57. The van der Waals surface area contributed by atoms with Crippen molar-refractivity contribution < 1.29 is 9.16 Å². The van der Waals surface area contributed by atoms with Crippen molar-refractivity contribution in [1.82, 2.24) is 0 Å². The Kier molecular flexibility index (Phi) is 7.41. The highest BCUT2D eigenvalue weighted by Gasteiger charge is 2.17. The normalized spacial score (nSPS) is 12.7. The van der Waals surface area contributed by atoms with Gasteiger partial charge in [-0.25, -0.2) is 0 Å². The number of ether oxygens (including phenoxy) is 1. The zero-order valence-electron chi connectivity index (χ0n) is 13.0. The molecule has 0 spiro atoms. The third-order valence-electron chi connectivity index (χ3n) is 1.89. The van der Waals surface area contributed by atoms with Gasteiger partial charge in [0.05, 0.1) is 7.11 Å². The molecule has 0 unspecified atom stereocenters. The van der Waals surface area contributed by atoms with E-state index in [0.29, 0.717) is 5.95 Å². The van der Waals surface area contributed by atoms with Crippen LogP contribution in [0.1, 0.15) is 19.3 Å². The van der Waals surface area contributed by atoms with Crippen LogP contribution in [0.4, 0.5) is 0 Å². The summed E-state index contributed by atoms with van der Waals surface area (Å²) in [5.74, 6) is 3.95. The van der Waals surface area contributed by atoms with Gasteiger partial charge in [0.2, 0.25) is 8.32 Å². The lowest BCUT2D eigenvalue weighted by molar-refractivity contribution is 0.145. The molecule has 0 N–H and O–H groups in total. The molecule has 0 atom stereocenters. The van der Waals surface area contributed by atoms with Crippen LogP contribution in [0.15, 0.2) is 12.0 Å². The van der Waals surface area contributed by atoms with Crippen LogP contribution in [0, 0.1) is 11.5 Å². The van der Waals surface area contributed by atoms with E-state index in [1.54, 1.807) is 7.11 Å². The first-order chi connectivity index (χ1) is 8.14. The Balaban J connectivity index is 4.02. The molecule has 0 aromatic rings. The molecule has 0 saturated carbocycles. The maximum atomic E-state index is 5.80. The standard InChI is InChI=1S/C14H28O2Si2/c1-15-14(16-18(5,6)7)12-10-8-9-11-13-17(2,3)4/h12H,8-10H2,1-7H3/b14-12+. The van der Waals surface area contributed by atoms with E-state index >= 15 is 0 Å². The van der Waals surface area contributed by atoms with Crippen LogP contribution in [0.25, 0.3) is 0 Å². The van der Waals surface area contributed by atoms with Gasteiger partial charge in [-0.2, -0.15) is 0 Å². The molecule has 0 aliphatic carbocycles. The van der Waals surface area contributed by atoms with E-state index in [1.807, 2.05) is 6.08 Å². The van der Waals surface area contributed by atoms with E-state index in [9.17, 15) is 0 Å². The van der Waals surface area contributed by atoms with Crippen molar-refractivity contribution in [2.24, 2.45) is 0 Å². The van der Waals surface area contributed by atoms with E-state index in [0.717, 1.165) is 19.3 Å². The summed E-state index contributed by atoms with van der Waals surface area (Å²) in [6.45, 7) is 13.3. The number of unbranched alkanes of at least 4 members (excludes halogenated alkanes) is 2. The predicted molar refractivity (Wildman–Crippen MR) is 84.5 cm³/mol. The molecule has 0 saturated heterocycles. The number of rotatable bonds is 6. The first kappa shape index (κ1) is 17.3. The van der Waals surface area contributed by atoms with E-state index in [-0.39, 0.29) is 0 Å². The van der Waals surface area contributed by atoms with E-state index in [1.165, 1.54) is 0 Å². The maximum absolute atomic E-state index is 5.80. The molecular weight excluding hydrogens is 256 g/mol. The zero-order chi connectivity index (χ0) is 14.2. The Morgan fingerprint density at radius 3 is 2.17 bits per heavy atom. The summed E-state index contributed by atoms with van der Waals surface area (Å²) in [4.78, 5) is 0. The number of allylic oxidation sites excluding steroid dienone is 1. The lowest BCUT2D eigenvalue weighted by Gasteiger charge is -2.20. The lowest BCUT2D eigenvalue weighted by atomic mass is 10.2. The average Bonchev–Trinajstić information content (AvgIpc) is 2.18. The minimum absolute atomic E-state index is 0.673. The predicted octanol–water partition coefficient (Wildman–Crippen LogP) is 4.38. The van der Waals surface area contributed by atoms with Gasteiger partial charge in [-0.3, -0.25) is 0 Å². The van der Waals surface area contributed by atoms with E-state index < -0.39 is 16.4 Å². The van der Waals surface area contributed by atoms with E-state index in [2.05, 4.69) is 50.7 Å². The van der Waals surface area contributed by atoms with Crippen molar-refractivity contribution in [3.05, 3.63) is 12.0 Å². The Hall–Kier alpha value is -0.666. The van der Waals surface area contributed by atoms with E-state index in [4.69, 9.17) is 9.16 Å². The highest BCUT2D eigenvalue weighted by Crippen LogP contribution is 2.12. The van der Waals surface area contributed by atoms with Gasteiger partial charge in [-0.1, -0.05) is 19.6 Å². The van der Waals surface area contributed by atoms with Gasteiger partial charge < -0.3 is 9.16 Å². The summed E-state index contributed by atoms with van der Waals surface area (Å²) in [7, 11) is -1.09. The molecule has 0 bridgehead atoms. The van der Waals surface area contributed by atoms with Gasteiger partial charge >= 0.3 is 0 Å². The molecular formula is C14H28O2Si2. The van der Waals surface area contributed by atoms with Crippen LogP contribution in [-0.4, -0.2) is 23.5 Å². The first-order valence-corrected chi connectivity index (χ1v) is 13.5. The molecule has 18 heavy (non-hydrogen) atoms. The van der Waals surface area contributed by atoms with Gasteiger partial charge in [-0.15, -0.1) is 11.5 Å². The minimum Gasteiger partial charge on any atom is -0.520 e. The second-order valence-corrected chi connectivity index (χ2v) is 15.6. The van der Waals surface area contributed by atoms with Crippen molar-refractivity contribution in [3.63, 3.8) is 0 Å². The van der Waals surface area contributed by atoms with Crippen LogP contribution in [0.2, 0.25) is 39.3 Å². The molecule has 0 aliphatic heterocycles. The van der Waals surface area contributed by atoms with Gasteiger partial charge in [0.1, 0.15) is 8.07 Å². The molecule has 0 aliphatic rings. The molecule has 0 aromatic carbocycles. The zero-order valence-corrected chi connectivity index (χ0v) is 15.0. The summed E-state index contributed by atoms with van der Waals surface area (Å²) in [5.41, 5.74) is 3.37. The smallest absolute Gasteiger partial charge is 0.260 e. The molecule has 0 amide bonds. The Morgan fingerprint density at radius 1 is 1.11 bits per heavy atom. The van der Waals surface area contributed by atoms with Crippen molar-refractivity contribution in [2.75, 3.05) is 7.11 Å². The van der Waals surface area contributed by atoms with Crippen LogP contribution in [0.5, 0.6) is 0 Å². The monoisotopic (exact) mass is 284 g/mol. The summed E-state index contributed by atoms with van der Waals surface area (Å²) < 4.78 is 11.0. The summed E-state index contributed by atoms with van der Waals surface area (Å²) in [5, 5.41) is 0. The highest BCUT2D eigenvalue weighted by atomic mass is 28.4. The fraction of sp³-hybridized carbons (Fsp3) is 0.714. The van der Waals surface area contributed by atoms with Gasteiger partial charge in [0.25, 0.3) is 5.95 Å². The quantitative estimate of drug-likeness (QED) is 0.312. The average molecular weight is 285 g/mol. The van der Waals surface area contributed by atoms with Crippen LogP contribution < -0.4 is 0 Å². The Morgan fingerprint density at radius 2 is 1.72 bits per heavy atom. The largest absolute Gasteiger partial charge is 0.520 e. The van der Waals surface area contributed by atoms with Crippen LogP contribution in [-0.2, 0) is 9.16 Å². The summed E-state index contributed by atoms with van der Waals surface area (Å²) >= 11 is 0. The third kappa shape index (κ3) is 11.8.